The molecule has 18 heavy (non-hydrogen) atoms. The lowest BCUT2D eigenvalue weighted by atomic mass is 10.3. The number of rotatable bonds is 3. The van der Waals surface area contributed by atoms with Crippen LogP contribution < -0.4 is 4.74 Å². The first kappa shape index (κ1) is 13.0. The molecule has 0 N–H and O–H groups in total. The van der Waals surface area contributed by atoms with Gasteiger partial charge in [0, 0.05) is 12.3 Å². The lowest BCUT2D eigenvalue weighted by Crippen LogP contribution is -1.94. The van der Waals surface area contributed by atoms with Crippen molar-refractivity contribution in [2.45, 2.75) is 0 Å². The van der Waals surface area contributed by atoms with E-state index in [1.807, 2.05) is 0 Å². The van der Waals surface area contributed by atoms with Crippen molar-refractivity contribution in [2.24, 2.45) is 0 Å². The van der Waals surface area contributed by atoms with Gasteiger partial charge in [0.25, 0.3) is 0 Å². The number of nitrogens with zero attached hydrogens (tertiary/aromatic N) is 1. The second kappa shape index (κ2) is 5.46. The van der Waals surface area contributed by atoms with Crippen LogP contribution in [0.4, 0.5) is 4.39 Å². The van der Waals surface area contributed by atoms with Crippen LogP contribution in [-0.2, 0) is 0 Å². The predicted octanol–water partition coefficient (Wildman–Crippen LogP) is 4.24. The number of aldehydes is 1. The van der Waals surface area contributed by atoms with E-state index in [1.54, 1.807) is 12.1 Å². The maximum atomic E-state index is 13.3. The first-order chi connectivity index (χ1) is 8.61. The number of hydrogen-bond acceptors (Lipinski definition) is 3. The van der Waals surface area contributed by atoms with Crippen LogP contribution in [0, 0.1) is 5.82 Å². The highest BCUT2D eigenvalue weighted by molar-refractivity contribution is 9.10. The van der Waals surface area contributed by atoms with Crippen molar-refractivity contribution in [2.75, 3.05) is 0 Å². The Bertz CT molecular complexity index is 607. The van der Waals surface area contributed by atoms with E-state index in [4.69, 9.17) is 16.3 Å². The molecule has 6 heteroatoms. The Balaban J connectivity index is 2.40. The summed E-state index contributed by atoms with van der Waals surface area (Å²) in [6, 6.07) is 5.65. The van der Waals surface area contributed by atoms with E-state index in [9.17, 15) is 9.18 Å². The summed E-state index contributed by atoms with van der Waals surface area (Å²) in [5.74, 6) is -0.313. The molecule has 0 fully saturated rings. The fraction of sp³-hybridized carbons (Fsp3) is 0. The summed E-state index contributed by atoms with van der Waals surface area (Å²) in [5, 5.41) is -0.0224. The lowest BCUT2D eigenvalue weighted by Gasteiger charge is -2.08. The van der Waals surface area contributed by atoms with E-state index in [1.165, 1.54) is 12.3 Å². The van der Waals surface area contributed by atoms with E-state index in [0.29, 0.717) is 10.8 Å². The molecule has 0 saturated carbocycles. The second-order valence-corrected chi connectivity index (χ2v) is 4.58. The molecular weight excluding hydrogens is 324 g/mol. The standard InChI is InChI=1S/C12H6BrClFNO2/c13-8-4-9(14)10(15)5-11(8)18-12-7(6-17)2-1-3-16-12/h1-6H. The van der Waals surface area contributed by atoms with Crippen LogP contribution in [0.1, 0.15) is 10.4 Å². The summed E-state index contributed by atoms with van der Waals surface area (Å²) >= 11 is 8.81. The van der Waals surface area contributed by atoms with Gasteiger partial charge in [-0.15, -0.1) is 0 Å². The summed E-state index contributed by atoms with van der Waals surface area (Å²) in [5.41, 5.74) is 0.278. The van der Waals surface area contributed by atoms with E-state index in [2.05, 4.69) is 20.9 Å². The van der Waals surface area contributed by atoms with Crippen molar-refractivity contribution in [1.29, 1.82) is 0 Å². The molecule has 0 aliphatic heterocycles. The van der Waals surface area contributed by atoms with Crippen LogP contribution in [0.25, 0.3) is 0 Å². The molecule has 0 amide bonds. The van der Waals surface area contributed by atoms with Crippen LogP contribution in [-0.4, -0.2) is 11.3 Å². The smallest absolute Gasteiger partial charge is 0.229 e. The summed E-state index contributed by atoms with van der Waals surface area (Å²) in [6.45, 7) is 0. The minimum atomic E-state index is -0.613. The monoisotopic (exact) mass is 329 g/mol. The molecule has 92 valence electrons. The van der Waals surface area contributed by atoms with Crippen LogP contribution in [0.15, 0.2) is 34.9 Å². The van der Waals surface area contributed by atoms with Gasteiger partial charge >= 0.3 is 0 Å². The zero-order valence-corrected chi connectivity index (χ0v) is 11.2. The molecule has 1 aromatic heterocycles. The molecule has 0 aliphatic rings. The molecule has 0 spiro atoms. The summed E-state index contributed by atoms with van der Waals surface area (Å²) < 4.78 is 19.2. The fourth-order valence-corrected chi connectivity index (χ4v) is 1.98. The molecule has 2 aromatic rings. The number of benzene rings is 1. The van der Waals surface area contributed by atoms with Crippen molar-refractivity contribution in [3.05, 3.63) is 51.3 Å². The van der Waals surface area contributed by atoms with Crippen molar-refractivity contribution >= 4 is 33.8 Å². The van der Waals surface area contributed by atoms with E-state index in [0.717, 1.165) is 6.07 Å². The highest BCUT2D eigenvalue weighted by Crippen LogP contribution is 2.33. The number of carbonyl (C=O) groups excluding carboxylic acids is 1. The third kappa shape index (κ3) is 2.68. The minimum absolute atomic E-state index is 0.0224. The molecule has 0 bridgehead atoms. The number of halogens is 3. The number of carbonyl (C=O) groups is 1. The highest BCUT2D eigenvalue weighted by atomic mass is 79.9. The topological polar surface area (TPSA) is 39.2 Å². The molecule has 0 aliphatic carbocycles. The molecule has 0 radical (unpaired) electrons. The van der Waals surface area contributed by atoms with Gasteiger partial charge in [-0.3, -0.25) is 4.79 Å². The van der Waals surface area contributed by atoms with Gasteiger partial charge in [-0.2, -0.15) is 0 Å². The molecule has 1 aromatic carbocycles. The largest absolute Gasteiger partial charge is 0.437 e. The van der Waals surface area contributed by atoms with E-state index >= 15 is 0 Å². The van der Waals surface area contributed by atoms with Gasteiger partial charge in [0.15, 0.2) is 6.29 Å². The van der Waals surface area contributed by atoms with Gasteiger partial charge in [0.2, 0.25) is 5.88 Å². The zero-order valence-electron chi connectivity index (χ0n) is 8.86. The number of hydrogen-bond donors (Lipinski definition) is 0. The van der Waals surface area contributed by atoms with E-state index in [-0.39, 0.29) is 22.2 Å². The Labute approximate surface area is 116 Å². The maximum Gasteiger partial charge on any atom is 0.229 e. The number of pyridine rings is 1. The van der Waals surface area contributed by atoms with Gasteiger partial charge in [-0.25, -0.2) is 9.37 Å². The summed E-state index contributed by atoms with van der Waals surface area (Å²) in [6.07, 6.45) is 2.09. The molecule has 3 nitrogen and oxygen atoms in total. The third-order valence-corrected chi connectivity index (χ3v) is 3.02. The van der Waals surface area contributed by atoms with Crippen molar-refractivity contribution < 1.29 is 13.9 Å². The molecule has 0 atom stereocenters. The first-order valence-corrected chi connectivity index (χ1v) is 6.01. The van der Waals surface area contributed by atoms with Crippen LogP contribution in [0.5, 0.6) is 11.6 Å². The quantitative estimate of drug-likeness (QED) is 0.624. The minimum Gasteiger partial charge on any atom is -0.437 e. The van der Waals surface area contributed by atoms with Crippen molar-refractivity contribution in [3.8, 4) is 11.6 Å². The molecule has 0 unspecified atom stereocenters. The molecule has 0 saturated heterocycles. The Hall–Kier alpha value is -1.46. The average molecular weight is 331 g/mol. The van der Waals surface area contributed by atoms with Gasteiger partial charge in [-0.05, 0) is 34.1 Å². The second-order valence-electron chi connectivity index (χ2n) is 3.31. The van der Waals surface area contributed by atoms with Crippen LogP contribution in [0.2, 0.25) is 5.02 Å². The SMILES string of the molecule is O=Cc1cccnc1Oc1cc(F)c(Cl)cc1Br. The summed E-state index contributed by atoms with van der Waals surface area (Å²) in [7, 11) is 0. The van der Waals surface area contributed by atoms with Crippen molar-refractivity contribution in [1.82, 2.24) is 4.98 Å². The molecule has 1 heterocycles. The maximum absolute atomic E-state index is 13.3. The Kier molecular flexibility index (Phi) is 3.93. The predicted molar refractivity (Wildman–Crippen MR) is 68.8 cm³/mol. The number of ether oxygens (including phenoxy) is 1. The van der Waals surface area contributed by atoms with E-state index < -0.39 is 5.82 Å². The molecular formula is C12H6BrClFNO2. The number of aromatic nitrogens is 1. The van der Waals surface area contributed by atoms with Gasteiger partial charge in [0.05, 0.1) is 15.1 Å². The fourth-order valence-electron chi connectivity index (χ4n) is 1.26. The van der Waals surface area contributed by atoms with Crippen LogP contribution in [0.3, 0.4) is 0 Å². The highest BCUT2D eigenvalue weighted by Gasteiger charge is 2.11. The van der Waals surface area contributed by atoms with Gasteiger partial charge < -0.3 is 4.74 Å². The Morgan fingerprint density at radius 3 is 2.94 bits per heavy atom. The van der Waals surface area contributed by atoms with Gasteiger partial charge in [0.1, 0.15) is 11.6 Å². The van der Waals surface area contributed by atoms with Crippen molar-refractivity contribution in [3.63, 3.8) is 0 Å². The van der Waals surface area contributed by atoms with Crippen LogP contribution >= 0.6 is 27.5 Å². The summed E-state index contributed by atoms with van der Waals surface area (Å²) in [4.78, 5) is 14.7. The first-order valence-electron chi connectivity index (χ1n) is 4.84. The lowest BCUT2D eigenvalue weighted by molar-refractivity contribution is 0.112. The normalized spacial score (nSPS) is 10.2. The Morgan fingerprint density at radius 2 is 2.22 bits per heavy atom. The Morgan fingerprint density at radius 1 is 1.44 bits per heavy atom. The molecule has 2 rings (SSSR count). The third-order valence-electron chi connectivity index (χ3n) is 2.11. The zero-order chi connectivity index (χ0) is 13.1. The van der Waals surface area contributed by atoms with Gasteiger partial charge in [-0.1, -0.05) is 11.6 Å². The average Bonchev–Trinajstić information content (AvgIpc) is 2.36.